The number of rotatable bonds is 0. The molecule has 0 N–H and O–H groups in total. The molecule has 4 heavy (non-hydrogen) atoms. The SMILES string of the molecule is [H-].[Li].[Na+].[O]=[Co]. The maximum atomic E-state index is 7.94. The van der Waals surface area contributed by atoms with Crippen LogP contribution in [0.3, 0.4) is 0 Å². The van der Waals surface area contributed by atoms with Crippen LogP contribution in [0, 0.1) is 0 Å². The predicted molar refractivity (Wildman–Crippen MR) is 7.55 cm³/mol. The number of hydrogen-bond donors (Lipinski definition) is 0. The van der Waals surface area contributed by atoms with Gasteiger partial charge in [-0.3, -0.25) is 0 Å². The summed E-state index contributed by atoms with van der Waals surface area (Å²) < 4.78 is 7.94. The van der Waals surface area contributed by atoms with E-state index in [1.807, 2.05) is 0 Å². The van der Waals surface area contributed by atoms with Crippen molar-refractivity contribution in [2.75, 3.05) is 0 Å². The first-order valence-corrected chi connectivity index (χ1v) is 0.561. The standard InChI is InChI=1S/Co.Li.Na.O.H/q;;+1;;-1. The zero-order chi connectivity index (χ0) is 2.00. The zero-order valence-corrected chi connectivity index (χ0v) is 5.78. The Morgan fingerprint density at radius 3 is 1.50 bits per heavy atom. The minimum atomic E-state index is 0. The third-order valence-corrected chi connectivity index (χ3v) is 0. The van der Waals surface area contributed by atoms with Crippen LogP contribution in [-0.2, 0) is 19.5 Å². The van der Waals surface area contributed by atoms with Crippen LogP contribution in [0.5, 0.6) is 0 Å². The summed E-state index contributed by atoms with van der Waals surface area (Å²) in [5.41, 5.74) is 0. The second-order valence-corrected chi connectivity index (χ2v) is 0. The summed E-state index contributed by atoms with van der Waals surface area (Å²) in [4.78, 5) is 0. The molecule has 0 aliphatic heterocycles. The first-order valence-electron chi connectivity index (χ1n) is 0.136. The summed E-state index contributed by atoms with van der Waals surface area (Å²) in [6, 6.07) is 0. The zero-order valence-electron chi connectivity index (χ0n) is 3.74. The molecule has 0 atom stereocenters. The van der Waals surface area contributed by atoms with E-state index in [-0.39, 0.29) is 49.8 Å². The van der Waals surface area contributed by atoms with Crippen molar-refractivity contribution in [3.63, 3.8) is 0 Å². The van der Waals surface area contributed by atoms with E-state index < -0.39 is 0 Å². The van der Waals surface area contributed by atoms with Crippen molar-refractivity contribution in [2.24, 2.45) is 0 Å². The average molecular weight is 106 g/mol. The molecule has 0 aromatic carbocycles. The van der Waals surface area contributed by atoms with Crippen LogP contribution in [0.15, 0.2) is 0 Å². The van der Waals surface area contributed by atoms with Crippen LogP contribution in [0.2, 0.25) is 0 Å². The van der Waals surface area contributed by atoms with E-state index in [9.17, 15) is 0 Å². The average Bonchev–Trinajstić information content (AvgIpc) is 1.00. The van der Waals surface area contributed by atoms with Crippen molar-refractivity contribution < 1.29 is 50.5 Å². The summed E-state index contributed by atoms with van der Waals surface area (Å²) >= 11 is 2.31. The van der Waals surface area contributed by atoms with Crippen molar-refractivity contribution in [1.82, 2.24) is 0 Å². The van der Waals surface area contributed by atoms with E-state index in [0.29, 0.717) is 0 Å². The first-order chi connectivity index (χ1) is 1.00. The van der Waals surface area contributed by atoms with Crippen molar-refractivity contribution in [2.45, 2.75) is 0 Å². The van der Waals surface area contributed by atoms with Gasteiger partial charge in [0.25, 0.3) is 0 Å². The van der Waals surface area contributed by atoms with Gasteiger partial charge in [-0.1, -0.05) is 0 Å². The number of hydrogen-bond acceptors (Lipinski definition) is 1. The molecule has 0 aromatic rings. The predicted octanol–water partition coefficient (Wildman–Crippen LogP) is -3.39. The van der Waals surface area contributed by atoms with Gasteiger partial charge < -0.3 is 1.43 Å². The molecule has 0 fully saturated rings. The third kappa shape index (κ3) is 9.08. The molecule has 18 valence electrons. The molecule has 1 radical (unpaired) electrons. The Balaban J connectivity index is -0.00000000167. The van der Waals surface area contributed by atoms with E-state index in [0.717, 1.165) is 0 Å². The summed E-state index contributed by atoms with van der Waals surface area (Å²) in [6.07, 6.45) is 0. The molecule has 0 aliphatic carbocycles. The molecule has 0 unspecified atom stereocenters. The Morgan fingerprint density at radius 1 is 1.50 bits per heavy atom. The fourth-order valence-corrected chi connectivity index (χ4v) is 0. The van der Waals surface area contributed by atoms with Crippen LogP contribution >= 0.6 is 0 Å². The van der Waals surface area contributed by atoms with Crippen LogP contribution < -0.4 is 29.6 Å². The molecule has 0 aromatic heterocycles. The third-order valence-electron chi connectivity index (χ3n) is 0. The maximum absolute atomic E-state index is 7.94. The minimum absolute atomic E-state index is 0. The quantitative estimate of drug-likeness (QED) is 0.294. The van der Waals surface area contributed by atoms with E-state index in [4.69, 9.17) is 3.87 Å². The van der Waals surface area contributed by atoms with Gasteiger partial charge >= 0.3 is 49.1 Å². The van der Waals surface area contributed by atoms with E-state index in [2.05, 4.69) is 15.7 Å². The topological polar surface area (TPSA) is 17.1 Å². The molecule has 0 rings (SSSR count). The summed E-state index contributed by atoms with van der Waals surface area (Å²) in [6.45, 7) is 0. The van der Waals surface area contributed by atoms with E-state index in [1.54, 1.807) is 0 Å². The van der Waals surface area contributed by atoms with Gasteiger partial charge in [0.05, 0.1) is 0 Å². The Kier molecular flexibility index (Phi) is 86.8. The summed E-state index contributed by atoms with van der Waals surface area (Å²) in [5, 5.41) is 0. The molecule has 0 bridgehead atoms. The monoisotopic (exact) mass is 106 g/mol. The summed E-state index contributed by atoms with van der Waals surface area (Å²) in [5.74, 6) is 0. The molecule has 0 amide bonds. The molecule has 0 aliphatic rings. The Morgan fingerprint density at radius 2 is 1.50 bits per heavy atom. The van der Waals surface area contributed by atoms with Gasteiger partial charge in [0.15, 0.2) is 0 Å². The van der Waals surface area contributed by atoms with Crippen LogP contribution in [0.4, 0.5) is 0 Å². The van der Waals surface area contributed by atoms with Gasteiger partial charge in [-0.15, -0.1) is 0 Å². The van der Waals surface area contributed by atoms with Gasteiger partial charge in [-0.25, -0.2) is 0 Å². The normalized spacial score (nSPS) is 1.25. The molecule has 4 heteroatoms. The van der Waals surface area contributed by atoms with Gasteiger partial charge in [-0.05, 0) is 0 Å². The second-order valence-electron chi connectivity index (χ2n) is 0. The van der Waals surface area contributed by atoms with Crippen molar-refractivity contribution >= 4 is 18.9 Å². The van der Waals surface area contributed by atoms with Crippen molar-refractivity contribution in [3.05, 3.63) is 0 Å². The van der Waals surface area contributed by atoms with E-state index in [1.165, 1.54) is 0 Å². The van der Waals surface area contributed by atoms with Crippen molar-refractivity contribution in [3.8, 4) is 0 Å². The fourth-order valence-electron chi connectivity index (χ4n) is 0. The van der Waals surface area contributed by atoms with Crippen LogP contribution in [0.25, 0.3) is 0 Å². The van der Waals surface area contributed by atoms with Gasteiger partial charge in [0.1, 0.15) is 0 Å². The Hall–Kier alpha value is 1.90. The van der Waals surface area contributed by atoms with Crippen molar-refractivity contribution in [1.29, 1.82) is 0 Å². The van der Waals surface area contributed by atoms with Crippen LogP contribution in [-0.4, -0.2) is 18.9 Å². The van der Waals surface area contributed by atoms with Crippen LogP contribution in [0.1, 0.15) is 1.43 Å². The van der Waals surface area contributed by atoms with Gasteiger partial charge in [-0.2, -0.15) is 0 Å². The summed E-state index contributed by atoms with van der Waals surface area (Å²) in [7, 11) is 0. The van der Waals surface area contributed by atoms with Gasteiger partial charge in [0, 0.05) is 18.9 Å². The van der Waals surface area contributed by atoms with E-state index >= 15 is 0 Å². The molecule has 0 saturated heterocycles. The molecule has 0 heterocycles. The Bertz CT molecular complexity index is 11.6. The van der Waals surface area contributed by atoms with Gasteiger partial charge in [0.2, 0.25) is 0 Å². The molecule has 0 saturated carbocycles. The Labute approximate surface area is 68.6 Å². The fraction of sp³-hybridized carbons (Fsp3) is 0. The second kappa shape index (κ2) is 20.6. The first kappa shape index (κ1) is 16.8. The molecule has 0 spiro atoms. The molecular weight excluding hydrogens is 105 g/mol. The molecule has 1 nitrogen and oxygen atoms in total. The molecular formula is HCoLiNaO.